The Kier molecular flexibility index (Phi) is 7.86. The summed E-state index contributed by atoms with van der Waals surface area (Å²) < 4.78 is 10.8. The van der Waals surface area contributed by atoms with E-state index < -0.39 is 0 Å². The highest BCUT2D eigenvalue weighted by Gasteiger charge is 2.16. The van der Waals surface area contributed by atoms with Gasteiger partial charge in [0.05, 0.1) is 19.4 Å². The molecule has 0 spiro atoms. The zero-order chi connectivity index (χ0) is 19.6. The lowest BCUT2D eigenvalue weighted by atomic mass is 9.98. The number of carbonyl (C=O) groups excluding carboxylic acids is 2. The van der Waals surface area contributed by atoms with E-state index >= 15 is 0 Å². The van der Waals surface area contributed by atoms with Gasteiger partial charge in [-0.3, -0.25) is 9.59 Å². The third kappa shape index (κ3) is 6.13. The minimum atomic E-state index is -0.263. The summed E-state index contributed by atoms with van der Waals surface area (Å²) in [7, 11) is 1.38. The van der Waals surface area contributed by atoms with Gasteiger partial charge < -0.3 is 14.8 Å². The summed E-state index contributed by atoms with van der Waals surface area (Å²) >= 11 is 0. The van der Waals surface area contributed by atoms with Crippen molar-refractivity contribution in [3.63, 3.8) is 0 Å². The average molecular weight is 369 g/mol. The molecule has 0 saturated carbocycles. The zero-order valence-electron chi connectivity index (χ0n) is 16.2. The molecule has 0 radical (unpaired) electrons. The van der Waals surface area contributed by atoms with Gasteiger partial charge in [-0.2, -0.15) is 0 Å². The number of anilines is 1. The molecular weight excluding hydrogens is 342 g/mol. The van der Waals surface area contributed by atoms with Crippen molar-refractivity contribution in [2.75, 3.05) is 19.0 Å². The quantitative estimate of drug-likeness (QED) is 0.518. The smallest absolute Gasteiger partial charge is 0.305 e. The lowest BCUT2D eigenvalue weighted by Gasteiger charge is -2.18. The summed E-state index contributed by atoms with van der Waals surface area (Å²) in [5, 5.41) is 2.87. The van der Waals surface area contributed by atoms with Crippen molar-refractivity contribution in [3.05, 3.63) is 48.0 Å². The Bertz CT molecular complexity index is 771. The number of esters is 1. The van der Waals surface area contributed by atoms with E-state index in [1.165, 1.54) is 14.0 Å². The molecule has 0 aliphatic rings. The fraction of sp³-hybridized carbons (Fsp3) is 0.364. The molecule has 1 amide bonds. The number of benzene rings is 2. The number of carbonyl (C=O) groups is 2. The zero-order valence-corrected chi connectivity index (χ0v) is 16.2. The van der Waals surface area contributed by atoms with E-state index in [0.717, 1.165) is 29.5 Å². The maximum absolute atomic E-state index is 11.7. The van der Waals surface area contributed by atoms with E-state index in [1.807, 2.05) is 42.5 Å². The predicted octanol–water partition coefficient (Wildman–Crippen LogP) is 4.60. The second-order valence-electron chi connectivity index (χ2n) is 6.35. The number of ether oxygens (including phenoxy) is 2. The van der Waals surface area contributed by atoms with Crippen LogP contribution in [0.2, 0.25) is 0 Å². The fourth-order valence-electron chi connectivity index (χ4n) is 2.77. The summed E-state index contributed by atoms with van der Waals surface area (Å²) in [6.45, 7) is 4.15. The Labute approximate surface area is 160 Å². The first-order chi connectivity index (χ1) is 13.0. The number of aryl methyl sites for hydroxylation is 1. The van der Waals surface area contributed by atoms with Gasteiger partial charge in [0.1, 0.15) is 0 Å². The van der Waals surface area contributed by atoms with E-state index in [0.29, 0.717) is 24.5 Å². The first-order valence-electron chi connectivity index (χ1n) is 9.24. The summed E-state index contributed by atoms with van der Waals surface area (Å²) in [6, 6.07) is 13.8. The normalized spacial score (nSPS) is 10.3. The topological polar surface area (TPSA) is 64.6 Å². The molecule has 0 aromatic heterocycles. The number of nitrogens with one attached hydrogen (secondary N) is 1. The van der Waals surface area contributed by atoms with Gasteiger partial charge in [0.2, 0.25) is 5.91 Å². The van der Waals surface area contributed by atoms with Crippen molar-refractivity contribution in [2.45, 2.75) is 39.5 Å². The van der Waals surface area contributed by atoms with Crippen LogP contribution in [0.25, 0.3) is 11.1 Å². The van der Waals surface area contributed by atoms with Crippen LogP contribution >= 0.6 is 0 Å². The number of rotatable bonds is 9. The van der Waals surface area contributed by atoms with Gasteiger partial charge >= 0.3 is 5.97 Å². The molecule has 2 aromatic carbocycles. The van der Waals surface area contributed by atoms with Crippen LogP contribution in [0, 0.1) is 0 Å². The molecule has 0 aliphatic carbocycles. The van der Waals surface area contributed by atoms with Gasteiger partial charge in [-0.25, -0.2) is 0 Å². The summed E-state index contributed by atoms with van der Waals surface area (Å²) in [5.74, 6) is 0.228. The molecule has 2 rings (SSSR count). The lowest BCUT2D eigenvalue weighted by molar-refractivity contribution is -0.140. The van der Waals surface area contributed by atoms with Crippen LogP contribution in [-0.2, 0) is 20.7 Å². The van der Waals surface area contributed by atoms with Crippen LogP contribution in [0.15, 0.2) is 42.5 Å². The standard InChI is InChI=1S/C22H27NO4/c1-4-5-13-27-22-19(18-9-7-6-8-10-18)14-17(11-12-21(25)26-3)15-20(22)23-16(2)24/h6-10,14-15H,4-5,11-13H2,1-3H3,(H,23,24). The third-order valence-electron chi connectivity index (χ3n) is 4.13. The highest BCUT2D eigenvalue weighted by atomic mass is 16.5. The monoisotopic (exact) mass is 369 g/mol. The fourth-order valence-corrected chi connectivity index (χ4v) is 2.77. The molecule has 5 heteroatoms. The number of unbranched alkanes of at least 4 members (excludes halogenated alkanes) is 1. The average Bonchev–Trinajstić information content (AvgIpc) is 2.67. The van der Waals surface area contributed by atoms with Crippen LogP contribution in [0.4, 0.5) is 5.69 Å². The van der Waals surface area contributed by atoms with Crippen molar-refractivity contribution >= 4 is 17.6 Å². The Hall–Kier alpha value is -2.82. The molecule has 0 aliphatic heterocycles. The predicted molar refractivity (Wildman–Crippen MR) is 107 cm³/mol. The molecule has 0 unspecified atom stereocenters. The molecule has 0 fully saturated rings. The molecule has 0 atom stereocenters. The second kappa shape index (κ2) is 10.4. The first kappa shape index (κ1) is 20.5. The molecule has 0 saturated heterocycles. The van der Waals surface area contributed by atoms with Crippen molar-refractivity contribution in [3.8, 4) is 16.9 Å². The summed E-state index contributed by atoms with van der Waals surface area (Å²) in [6.07, 6.45) is 2.75. The lowest BCUT2D eigenvalue weighted by Crippen LogP contribution is -2.10. The number of hydrogen-bond donors (Lipinski definition) is 1. The number of hydrogen-bond acceptors (Lipinski definition) is 4. The van der Waals surface area contributed by atoms with E-state index in [2.05, 4.69) is 12.2 Å². The maximum Gasteiger partial charge on any atom is 0.305 e. The van der Waals surface area contributed by atoms with Gasteiger partial charge in [0.15, 0.2) is 5.75 Å². The maximum atomic E-state index is 11.7. The van der Waals surface area contributed by atoms with Crippen molar-refractivity contribution < 1.29 is 19.1 Å². The van der Waals surface area contributed by atoms with Crippen LogP contribution in [0.3, 0.4) is 0 Å². The van der Waals surface area contributed by atoms with Gasteiger partial charge in [0, 0.05) is 18.9 Å². The Morgan fingerprint density at radius 3 is 2.48 bits per heavy atom. The summed E-state index contributed by atoms with van der Waals surface area (Å²) in [5.41, 5.74) is 3.46. The Morgan fingerprint density at radius 1 is 1.11 bits per heavy atom. The number of amides is 1. The van der Waals surface area contributed by atoms with E-state index in [9.17, 15) is 9.59 Å². The van der Waals surface area contributed by atoms with Crippen LogP contribution in [-0.4, -0.2) is 25.6 Å². The van der Waals surface area contributed by atoms with Crippen LogP contribution < -0.4 is 10.1 Å². The highest BCUT2D eigenvalue weighted by molar-refractivity contribution is 5.93. The molecule has 0 heterocycles. The molecule has 2 aromatic rings. The molecule has 1 N–H and O–H groups in total. The minimum Gasteiger partial charge on any atom is -0.491 e. The van der Waals surface area contributed by atoms with Crippen molar-refractivity contribution in [1.29, 1.82) is 0 Å². The van der Waals surface area contributed by atoms with Crippen molar-refractivity contribution in [1.82, 2.24) is 0 Å². The van der Waals surface area contributed by atoms with E-state index in [4.69, 9.17) is 9.47 Å². The largest absolute Gasteiger partial charge is 0.491 e. The number of methoxy groups -OCH3 is 1. The second-order valence-corrected chi connectivity index (χ2v) is 6.35. The summed E-state index contributed by atoms with van der Waals surface area (Å²) in [4.78, 5) is 23.3. The molecule has 144 valence electrons. The molecular formula is C22H27NO4. The highest BCUT2D eigenvalue weighted by Crippen LogP contribution is 2.38. The molecule has 0 bridgehead atoms. The molecule has 27 heavy (non-hydrogen) atoms. The Morgan fingerprint density at radius 2 is 1.85 bits per heavy atom. The van der Waals surface area contributed by atoms with Gasteiger partial charge in [-0.05, 0) is 36.1 Å². The van der Waals surface area contributed by atoms with Gasteiger partial charge in [0.25, 0.3) is 0 Å². The first-order valence-corrected chi connectivity index (χ1v) is 9.24. The van der Waals surface area contributed by atoms with E-state index in [-0.39, 0.29) is 18.3 Å². The molecule has 5 nitrogen and oxygen atoms in total. The minimum absolute atomic E-state index is 0.167. The van der Waals surface area contributed by atoms with Gasteiger partial charge in [-0.15, -0.1) is 0 Å². The SMILES string of the molecule is CCCCOc1c(NC(C)=O)cc(CCC(=O)OC)cc1-c1ccccc1. The van der Waals surface area contributed by atoms with Gasteiger partial charge in [-0.1, -0.05) is 43.7 Å². The van der Waals surface area contributed by atoms with Crippen molar-refractivity contribution in [2.24, 2.45) is 0 Å². The van der Waals surface area contributed by atoms with E-state index in [1.54, 1.807) is 0 Å². The Balaban J connectivity index is 2.49. The third-order valence-corrected chi connectivity index (χ3v) is 4.13. The van der Waals surface area contributed by atoms with Crippen LogP contribution in [0.5, 0.6) is 5.75 Å². The van der Waals surface area contributed by atoms with Crippen LogP contribution in [0.1, 0.15) is 38.7 Å².